The van der Waals surface area contributed by atoms with Gasteiger partial charge in [0.25, 0.3) is 5.91 Å². The van der Waals surface area contributed by atoms with Crippen molar-refractivity contribution >= 4 is 27.9 Å². The highest BCUT2D eigenvalue weighted by atomic mass is 32.1. The van der Waals surface area contributed by atoms with E-state index in [0.29, 0.717) is 5.75 Å². The van der Waals surface area contributed by atoms with Crippen molar-refractivity contribution in [3.63, 3.8) is 0 Å². The predicted molar refractivity (Wildman–Crippen MR) is 109 cm³/mol. The Morgan fingerprint density at radius 1 is 1.18 bits per heavy atom. The van der Waals surface area contributed by atoms with Crippen molar-refractivity contribution in [2.24, 2.45) is 0 Å². The van der Waals surface area contributed by atoms with Crippen LogP contribution < -0.4 is 10.1 Å². The average Bonchev–Trinajstić information content (AvgIpc) is 3.29. The standard InChI is InChI=1S/C20H19N5O2S/c1-3-17-22-23-20-25(17)24-19(28-20)14-10-9-13(2)16(11-14)21-18(26)12-27-15-7-5-4-6-8-15/h4-11H,3,12H2,1-2H3,(H,21,26). The first-order valence-corrected chi connectivity index (χ1v) is 9.75. The lowest BCUT2D eigenvalue weighted by atomic mass is 10.1. The lowest BCUT2D eigenvalue weighted by molar-refractivity contribution is -0.118. The van der Waals surface area contributed by atoms with Crippen LogP contribution in [0.4, 0.5) is 5.69 Å². The number of carbonyl (C=O) groups excluding carboxylic acids is 1. The third-order valence-corrected chi connectivity index (χ3v) is 5.19. The summed E-state index contributed by atoms with van der Waals surface area (Å²) in [4.78, 5) is 13.1. The Balaban J connectivity index is 1.51. The maximum absolute atomic E-state index is 12.3. The van der Waals surface area contributed by atoms with E-state index in [1.54, 1.807) is 4.52 Å². The number of ether oxygens (including phenoxy) is 1. The normalized spacial score (nSPS) is 10.9. The fourth-order valence-electron chi connectivity index (χ4n) is 2.74. The van der Waals surface area contributed by atoms with Crippen molar-refractivity contribution < 1.29 is 9.53 Å². The first-order chi connectivity index (χ1) is 13.6. The number of para-hydroxylation sites is 1. The maximum atomic E-state index is 12.3. The lowest BCUT2D eigenvalue weighted by Gasteiger charge is -2.10. The molecule has 0 unspecified atom stereocenters. The first kappa shape index (κ1) is 18.1. The molecule has 28 heavy (non-hydrogen) atoms. The molecule has 0 saturated heterocycles. The number of hydrogen-bond donors (Lipinski definition) is 1. The van der Waals surface area contributed by atoms with Crippen LogP contribution in [-0.2, 0) is 11.2 Å². The molecule has 0 bridgehead atoms. The van der Waals surface area contributed by atoms with E-state index >= 15 is 0 Å². The quantitative estimate of drug-likeness (QED) is 0.540. The third-order valence-electron chi connectivity index (χ3n) is 4.24. The van der Waals surface area contributed by atoms with Crippen LogP contribution in [-0.4, -0.2) is 32.3 Å². The van der Waals surface area contributed by atoms with Gasteiger partial charge in [0, 0.05) is 17.7 Å². The van der Waals surface area contributed by atoms with Crippen molar-refractivity contribution in [1.82, 2.24) is 19.8 Å². The number of aryl methyl sites for hydroxylation is 2. The minimum atomic E-state index is -0.212. The summed E-state index contributed by atoms with van der Waals surface area (Å²) < 4.78 is 7.28. The number of aromatic nitrogens is 4. The second-order valence-corrected chi connectivity index (χ2v) is 7.21. The van der Waals surface area contributed by atoms with Crippen LogP contribution in [0.15, 0.2) is 48.5 Å². The minimum Gasteiger partial charge on any atom is -0.484 e. The molecule has 2 aromatic heterocycles. The van der Waals surface area contributed by atoms with Gasteiger partial charge in [0.05, 0.1) is 0 Å². The molecule has 1 N–H and O–H groups in total. The molecule has 0 radical (unpaired) electrons. The van der Waals surface area contributed by atoms with Crippen molar-refractivity contribution in [3.05, 3.63) is 59.9 Å². The molecule has 2 heterocycles. The van der Waals surface area contributed by atoms with Crippen LogP contribution in [0.25, 0.3) is 15.5 Å². The second kappa shape index (κ2) is 7.77. The molecule has 0 atom stereocenters. The Morgan fingerprint density at radius 3 is 2.79 bits per heavy atom. The van der Waals surface area contributed by atoms with Crippen LogP contribution in [0.2, 0.25) is 0 Å². The van der Waals surface area contributed by atoms with Gasteiger partial charge in [-0.2, -0.15) is 9.61 Å². The minimum absolute atomic E-state index is 0.0513. The van der Waals surface area contributed by atoms with Crippen molar-refractivity contribution in [3.8, 4) is 16.3 Å². The number of nitrogens with zero attached hydrogens (tertiary/aromatic N) is 4. The van der Waals surface area contributed by atoms with E-state index in [4.69, 9.17) is 4.74 Å². The van der Waals surface area contributed by atoms with E-state index in [-0.39, 0.29) is 12.5 Å². The topological polar surface area (TPSA) is 81.4 Å². The Morgan fingerprint density at radius 2 is 2.00 bits per heavy atom. The van der Waals surface area contributed by atoms with Gasteiger partial charge < -0.3 is 10.1 Å². The second-order valence-electron chi connectivity index (χ2n) is 6.25. The fraction of sp³-hybridized carbons (Fsp3) is 0.200. The van der Waals surface area contributed by atoms with Gasteiger partial charge in [-0.05, 0) is 30.7 Å². The molecular formula is C20H19N5O2S. The van der Waals surface area contributed by atoms with Crippen molar-refractivity contribution in [2.75, 3.05) is 11.9 Å². The number of nitrogens with one attached hydrogen (secondary N) is 1. The van der Waals surface area contributed by atoms with E-state index in [1.807, 2.05) is 62.4 Å². The first-order valence-electron chi connectivity index (χ1n) is 8.94. The molecule has 142 valence electrons. The Kier molecular flexibility index (Phi) is 5.03. The highest BCUT2D eigenvalue weighted by molar-refractivity contribution is 7.19. The molecule has 1 amide bonds. The summed E-state index contributed by atoms with van der Waals surface area (Å²) in [6.07, 6.45) is 0.765. The van der Waals surface area contributed by atoms with Crippen LogP contribution in [0.3, 0.4) is 0 Å². The molecule has 2 aromatic carbocycles. The van der Waals surface area contributed by atoms with Gasteiger partial charge in [-0.3, -0.25) is 4.79 Å². The molecule has 8 heteroatoms. The molecule has 4 aromatic rings. The van der Waals surface area contributed by atoms with Crippen LogP contribution >= 0.6 is 11.3 Å². The summed E-state index contributed by atoms with van der Waals surface area (Å²) in [6.45, 7) is 3.92. The summed E-state index contributed by atoms with van der Waals surface area (Å²) >= 11 is 1.47. The van der Waals surface area contributed by atoms with E-state index in [2.05, 4.69) is 20.6 Å². The molecule has 0 aliphatic heterocycles. The summed E-state index contributed by atoms with van der Waals surface area (Å²) in [5.74, 6) is 1.28. The number of hydrogen-bond acceptors (Lipinski definition) is 6. The van der Waals surface area contributed by atoms with E-state index in [1.165, 1.54) is 11.3 Å². The van der Waals surface area contributed by atoms with Gasteiger partial charge in [-0.15, -0.1) is 10.2 Å². The molecule has 4 rings (SSSR count). The number of anilines is 1. The summed E-state index contributed by atoms with van der Waals surface area (Å²) in [7, 11) is 0. The van der Waals surface area contributed by atoms with Gasteiger partial charge in [0.2, 0.25) is 4.96 Å². The summed E-state index contributed by atoms with van der Waals surface area (Å²) in [5.41, 5.74) is 2.62. The fourth-order valence-corrected chi connectivity index (χ4v) is 3.59. The van der Waals surface area contributed by atoms with E-state index < -0.39 is 0 Å². The molecule has 0 spiro atoms. The smallest absolute Gasteiger partial charge is 0.262 e. The third kappa shape index (κ3) is 3.72. The van der Waals surface area contributed by atoms with Crippen molar-refractivity contribution in [2.45, 2.75) is 20.3 Å². The lowest BCUT2D eigenvalue weighted by Crippen LogP contribution is -2.20. The predicted octanol–water partition coefficient (Wildman–Crippen LogP) is 3.74. The highest BCUT2D eigenvalue weighted by Crippen LogP contribution is 2.29. The molecular weight excluding hydrogens is 374 g/mol. The number of amides is 1. The molecule has 0 aliphatic carbocycles. The Hall–Kier alpha value is -3.26. The number of carbonyl (C=O) groups is 1. The van der Waals surface area contributed by atoms with Crippen LogP contribution in [0, 0.1) is 6.92 Å². The van der Waals surface area contributed by atoms with E-state index in [9.17, 15) is 4.79 Å². The Labute approximate surface area is 166 Å². The SMILES string of the molecule is CCc1nnc2sc(-c3ccc(C)c(NC(=O)COc4ccccc4)c3)nn12. The molecule has 0 saturated carbocycles. The summed E-state index contributed by atoms with van der Waals surface area (Å²) in [5, 5.41) is 16.6. The zero-order valence-electron chi connectivity index (χ0n) is 15.5. The Bertz CT molecular complexity index is 1120. The van der Waals surface area contributed by atoms with Gasteiger partial charge in [-0.25, -0.2) is 0 Å². The zero-order valence-corrected chi connectivity index (χ0v) is 16.4. The van der Waals surface area contributed by atoms with Gasteiger partial charge in [0.15, 0.2) is 12.4 Å². The maximum Gasteiger partial charge on any atom is 0.262 e. The van der Waals surface area contributed by atoms with Crippen molar-refractivity contribution in [1.29, 1.82) is 0 Å². The highest BCUT2D eigenvalue weighted by Gasteiger charge is 2.14. The molecule has 0 fully saturated rings. The molecule has 7 nitrogen and oxygen atoms in total. The van der Waals surface area contributed by atoms with Gasteiger partial charge >= 0.3 is 0 Å². The number of rotatable bonds is 6. The van der Waals surface area contributed by atoms with Gasteiger partial charge in [-0.1, -0.05) is 48.6 Å². The van der Waals surface area contributed by atoms with Crippen LogP contribution in [0.1, 0.15) is 18.3 Å². The summed E-state index contributed by atoms with van der Waals surface area (Å²) in [6, 6.07) is 15.1. The largest absolute Gasteiger partial charge is 0.484 e. The average molecular weight is 393 g/mol. The van der Waals surface area contributed by atoms with Crippen LogP contribution in [0.5, 0.6) is 5.75 Å². The monoisotopic (exact) mass is 393 g/mol. The van der Waals surface area contributed by atoms with Gasteiger partial charge in [0.1, 0.15) is 10.8 Å². The number of fused-ring (bicyclic) bond motifs is 1. The van der Waals surface area contributed by atoms with E-state index in [0.717, 1.165) is 39.0 Å². The zero-order chi connectivity index (χ0) is 19.5. The molecule has 0 aliphatic rings. The number of benzene rings is 2.